The maximum Gasteiger partial charge on any atom is 0.296 e. The molecule has 34 heavy (non-hydrogen) atoms. The lowest BCUT2D eigenvalue weighted by Gasteiger charge is -2.27. The van der Waals surface area contributed by atoms with E-state index in [1.54, 1.807) is 30.8 Å². The topological polar surface area (TPSA) is 128 Å². The molecule has 2 N–H and O–H groups in total. The van der Waals surface area contributed by atoms with E-state index in [1.807, 2.05) is 0 Å². The number of halogens is 2. The number of anilines is 1. The summed E-state index contributed by atoms with van der Waals surface area (Å²) < 4.78 is 21.6. The van der Waals surface area contributed by atoms with E-state index in [9.17, 15) is 19.1 Å². The monoisotopic (exact) mass is 486 g/mol. The normalized spacial score (nSPS) is 13.0. The van der Waals surface area contributed by atoms with Crippen LogP contribution in [0.1, 0.15) is 46.5 Å². The number of hydrogen-bond acceptors (Lipinski definition) is 7. The molecule has 0 spiro atoms. The third-order valence-corrected chi connectivity index (χ3v) is 5.74. The molecule has 1 aromatic carbocycles. The highest BCUT2D eigenvalue weighted by atomic mass is 35.5. The van der Waals surface area contributed by atoms with Gasteiger partial charge in [-0.2, -0.15) is 5.10 Å². The number of nitrogens with one attached hydrogen (secondary N) is 1. The number of nitrogens with zero attached hydrogens (tertiary/aromatic N) is 5. The van der Waals surface area contributed by atoms with Gasteiger partial charge in [0.05, 0.1) is 17.9 Å². The largest absolute Gasteiger partial charge is 0.501 e. The second-order valence-electron chi connectivity index (χ2n) is 7.74. The Kier molecular flexibility index (Phi) is 6.20. The lowest BCUT2D eigenvalue weighted by molar-refractivity contribution is 0.101. The van der Waals surface area contributed by atoms with Crippen molar-refractivity contribution in [2.45, 2.75) is 25.8 Å². The summed E-state index contributed by atoms with van der Waals surface area (Å²) in [5, 5.41) is 21.0. The van der Waals surface area contributed by atoms with Gasteiger partial charge in [-0.05, 0) is 36.8 Å². The summed E-state index contributed by atoms with van der Waals surface area (Å²) in [5.41, 5.74) is 0.0407. The van der Waals surface area contributed by atoms with Crippen LogP contribution < -0.4 is 10.9 Å². The van der Waals surface area contributed by atoms with Gasteiger partial charge in [0.2, 0.25) is 5.75 Å². The molecular formula is C22H20ClFN6O4. The minimum absolute atomic E-state index is 0.150. The minimum atomic E-state index is -0.831. The fraction of sp³-hybridized carbons (Fsp3) is 0.227. The quantitative estimate of drug-likeness (QED) is 0.427. The Morgan fingerprint density at radius 2 is 2.09 bits per heavy atom. The van der Waals surface area contributed by atoms with Crippen molar-refractivity contribution in [3.63, 3.8) is 0 Å². The smallest absolute Gasteiger partial charge is 0.296 e. The average molecular weight is 487 g/mol. The fourth-order valence-corrected chi connectivity index (χ4v) is 3.97. The first-order valence-corrected chi connectivity index (χ1v) is 10.5. The number of aromatic nitrogens is 5. The molecule has 0 bridgehead atoms. The molecule has 2 atom stereocenters. The van der Waals surface area contributed by atoms with Crippen molar-refractivity contribution in [3.05, 3.63) is 86.9 Å². The molecule has 0 aliphatic heterocycles. The number of benzene rings is 1. The van der Waals surface area contributed by atoms with E-state index in [2.05, 4.69) is 25.1 Å². The Morgan fingerprint density at radius 1 is 1.32 bits per heavy atom. The average Bonchev–Trinajstić information content (AvgIpc) is 3.46. The minimum Gasteiger partial charge on any atom is -0.501 e. The highest BCUT2D eigenvalue weighted by Gasteiger charge is 2.31. The Balaban J connectivity index is 1.85. The van der Waals surface area contributed by atoms with Gasteiger partial charge in [0.25, 0.3) is 11.5 Å². The Labute approximate surface area is 197 Å². The van der Waals surface area contributed by atoms with E-state index in [0.717, 1.165) is 4.57 Å². The van der Waals surface area contributed by atoms with Gasteiger partial charge < -0.3 is 14.9 Å². The fourth-order valence-electron chi connectivity index (χ4n) is 3.74. The van der Waals surface area contributed by atoms with Crippen molar-refractivity contribution in [1.29, 1.82) is 0 Å². The van der Waals surface area contributed by atoms with Gasteiger partial charge in [0.1, 0.15) is 23.6 Å². The van der Waals surface area contributed by atoms with Crippen LogP contribution in [0.4, 0.5) is 10.1 Å². The summed E-state index contributed by atoms with van der Waals surface area (Å²) in [4.78, 5) is 29.9. The van der Waals surface area contributed by atoms with Crippen LogP contribution in [0.15, 0.2) is 52.2 Å². The van der Waals surface area contributed by atoms with E-state index < -0.39 is 40.7 Å². The standard InChI is InChI=1S/C22H20ClFN6O4/c1-11-6-7-30(28-11)18(15-8-13(24)4-5-16(15)23)12(2)20-27-17(19(31)22(33)29(20)3)21(32)26-14-9-25-34-10-14/h4-10,12,18,31H,1-3H3,(H,26,32). The number of carbonyl (C=O) groups is 1. The molecule has 1 amide bonds. The first kappa shape index (κ1) is 23.2. The first-order valence-electron chi connectivity index (χ1n) is 10.1. The predicted octanol–water partition coefficient (Wildman–Crippen LogP) is 3.42. The van der Waals surface area contributed by atoms with Gasteiger partial charge in [0, 0.05) is 24.2 Å². The zero-order valence-corrected chi connectivity index (χ0v) is 19.1. The molecule has 0 saturated heterocycles. The predicted molar refractivity (Wildman–Crippen MR) is 121 cm³/mol. The van der Waals surface area contributed by atoms with Gasteiger partial charge in [0.15, 0.2) is 5.69 Å². The maximum absolute atomic E-state index is 14.2. The molecule has 3 heterocycles. The molecule has 10 nitrogen and oxygen atoms in total. The van der Waals surface area contributed by atoms with Crippen LogP contribution in [-0.4, -0.2) is 35.5 Å². The highest BCUT2D eigenvalue weighted by molar-refractivity contribution is 6.31. The van der Waals surface area contributed by atoms with Gasteiger partial charge in [-0.3, -0.25) is 18.8 Å². The maximum atomic E-state index is 14.2. The third-order valence-electron chi connectivity index (χ3n) is 5.39. The van der Waals surface area contributed by atoms with Crippen LogP contribution in [0.3, 0.4) is 0 Å². The van der Waals surface area contributed by atoms with Crippen LogP contribution in [0.25, 0.3) is 0 Å². The van der Waals surface area contributed by atoms with Crippen LogP contribution >= 0.6 is 11.6 Å². The summed E-state index contributed by atoms with van der Waals surface area (Å²) in [6, 6.07) is 5.05. The van der Waals surface area contributed by atoms with E-state index >= 15 is 0 Å². The molecule has 176 valence electrons. The van der Waals surface area contributed by atoms with Crippen LogP contribution in [0.5, 0.6) is 5.75 Å². The molecule has 4 rings (SSSR count). The third kappa shape index (κ3) is 4.29. The van der Waals surface area contributed by atoms with E-state index in [4.69, 9.17) is 11.6 Å². The SMILES string of the molecule is Cc1ccn(C(c2cc(F)ccc2Cl)C(C)c2nc(C(=O)Nc3cnoc3)c(O)c(=O)n2C)n1. The number of hydrogen-bond donors (Lipinski definition) is 2. The van der Waals surface area contributed by atoms with E-state index in [1.165, 1.54) is 37.7 Å². The molecule has 12 heteroatoms. The molecule has 0 radical (unpaired) electrons. The van der Waals surface area contributed by atoms with Crippen molar-refractivity contribution >= 4 is 23.2 Å². The number of amides is 1. The van der Waals surface area contributed by atoms with Crippen molar-refractivity contribution in [1.82, 2.24) is 24.5 Å². The van der Waals surface area contributed by atoms with E-state index in [-0.39, 0.29) is 11.5 Å². The van der Waals surface area contributed by atoms with Crippen LogP contribution in [0, 0.1) is 12.7 Å². The van der Waals surface area contributed by atoms with Crippen LogP contribution in [0.2, 0.25) is 5.02 Å². The van der Waals surface area contributed by atoms with Crippen molar-refractivity contribution < 1.29 is 18.8 Å². The van der Waals surface area contributed by atoms with Crippen molar-refractivity contribution in [2.24, 2.45) is 7.05 Å². The Hall–Kier alpha value is -3.99. The molecule has 3 aromatic heterocycles. The zero-order chi connectivity index (χ0) is 24.6. The summed E-state index contributed by atoms with van der Waals surface area (Å²) in [7, 11) is 1.42. The number of carbonyl (C=O) groups excluding carboxylic acids is 1. The molecule has 0 saturated carbocycles. The van der Waals surface area contributed by atoms with Crippen LogP contribution in [-0.2, 0) is 7.05 Å². The molecule has 0 aliphatic carbocycles. The highest BCUT2D eigenvalue weighted by Crippen LogP contribution is 2.37. The van der Waals surface area contributed by atoms with Gasteiger partial charge in [-0.15, -0.1) is 0 Å². The van der Waals surface area contributed by atoms with E-state index in [0.29, 0.717) is 16.3 Å². The second kappa shape index (κ2) is 9.10. The number of rotatable bonds is 6. The second-order valence-corrected chi connectivity index (χ2v) is 8.14. The Bertz CT molecular complexity index is 1420. The van der Waals surface area contributed by atoms with Crippen molar-refractivity contribution in [2.75, 3.05) is 5.32 Å². The summed E-state index contributed by atoms with van der Waals surface area (Å²) in [6.07, 6.45) is 4.14. The Morgan fingerprint density at radius 3 is 2.74 bits per heavy atom. The van der Waals surface area contributed by atoms with Gasteiger partial charge >= 0.3 is 0 Å². The number of aromatic hydroxyl groups is 1. The molecule has 0 aliphatic rings. The lowest BCUT2D eigenvalue weighted by atomic mass is 9.93. The van der Waals surface area contributed by atoms with Gasteiger partial charge in [-0.1, -0.05) is 23.7 Å². The molecule has 2 unspecified atom stereocenters. The summed E-state index contributed by atoms with van der Waals surface area (Å²) in [5.74, 6) is -2.64. The summed E-state index contributed by atoms with van der Waals surface area (Å²) in [6.45, 7) is 3.54. The van der Waals surface area contributed by atoms with Crippen molar-refractivity contribution in [3.8, 4) is 5.75 Å². The van der Waals surface area contributed by atoms with Gasteiger partial charge in [-0.25, -0.2) is 9.37 Å². The number of aryl methyl sites for hydroxylation is 1. The molecular weight excluding hydrogens is 467 g/mol. The first-order chi connectivity index (χ1) is 16.2. The lowest BCUT2D eigenvalue weighted by Crippen LogP contribution is -2.30. The molecule has 0 fully saturated rings. The molecule has 4 aromatic rings. The zero-order valence-electron chi connectivity index (χ0n) is 18.4. The summed E-state index contributed by atoms with van der Waals surface area (Å²) >= 11 is 6.42.